The molecule has 1 heterocycles. The number of aromatic amines is 1. The average Bonchev–Trinajstić information content (AvgIpc) is 3.35. The third-order valence-electron chi connectivity index (χ3n) is 6.42. The number of aliphatic hydroxyl groups is 1. The number of nitrogens with zero attached hydrogens (tertiary/aromatic N) is 1. The third-order valence-corrected chi connectivity index (χ3v) is 6.95. The molecule has 0 fully saturated rings. The van der Waals surface area contributed by atoms with Crippen molar-refractivity contribution in [3.05, 3.63) is 83.9 Å². The summed E-state index contributed by atoms with van der Waals surface area (Å²) in [6.07, 6.45) is 1.08. The van der Waals surface area contributed by atoms with Crippen molar-refractivity contribution in [1.82, 2.24) is 15.4 Å². The number of imidazole rings is 1. The molecule has 1 aromatic heterocycles. The maximum absolute atomic E-state index is 12.5. The van der Waals surface area contributed by atoms with E-state index in [-0.39, 0.29) is 24.3 Å². The van der Waals surface area contributed by atoms with E-state index in [1.165, 1.54) is 0 Å². The predicted molar refractivity (Wildman–Crippen MR) is 141 cm³/mol. The van der Waals surface area contributed by atoms with Crippen molar-refractivity contribution >= 4 is 28.5 Å². The quantitative estimate of drug-likeness (QED) is 0.193. The second kappa shape index (κ2) is 11.6. The number of amides is 1. The molecule has 0 radical (unpaired) electrons. The maximum Gasteiger partial charge on any atom is 0.274 e. The molecule has 4 rings (SSSR count). The lowest BCUT2D eigenvalue weighted by Crippen LogP contribution is -2.46. The Morgan fingerprint density at radius 1 is 1.14 bits per heavy atom. The smallest absolute Gasteiger partial charge is 0.274 e. The van der Waals surface area contributed by atoms with Gasteiger partial charge in [-0.15, -0.1) is 11.6 Å². The lowest BCUT2D eigenvalue weighted by atomic mass is 9.83. The molecule has 0 aliphatic carbocycles. The first-order chi connectivity index (χ1) is 17.5. The molecule has 7 nitrogen and oxygen atoms in total. The molecular weight excluding hydrogens is 478 g/mol. The Hall–Kier alpha value is -3.39. The largest absolute Gasteiger partial charge is 0.497 e. The molecule has 0 saturated heterocycles. The Kier molecular flexibility index (Phi) is 8.25. The van der Waals surface area contributed by atoms with Gasteiger partial charge in [0.25, 0.3) is 5.91 Å². The van der Waals surface area contributed by atoms with Gasteiger partial charge in [-0.2, -0.15) is 0 Å². The fraction of sp³-hybridized carbons (Fsp3) is 0.286. The summed E-state index contributed by atoms with van der Waals surface area (Å²) in [5.74, 6) is 1.21. The molecule has 1 unspecified atom stereocenters. The number of rotatable bonds is 11. The molecular formula is C28H30ClN3O4. The first-order valence-corrected chi connectivity index (χ1v) is 12.3. The molecule has 3 N–H and O–H groups in total. The van der Waals surface area contributed by atoms with Crippen LogP contribution in [0.15, 0.2) is 72.8 Å². The zero-order valence-electron chi connectivity index (χ0n) is 20.3. The fourth-order valence-electron chi connectivity index (χ4n) is 4.15. The van der Waals surface area contributed by atoms with Crippen molar-refractivity contribution in [2.45, 2.75) is 25.4 Å². The maximum atomic E-state index is 12.5. The van der Waals surface area contributed by atoms with Gasteiger partial charge in [-0.3, -0.25) is 9.63 Å². The summed E-state index contributed by atoms with van der Waals surface area (Å²) in [4.78, 5) is 26.3. The highest BCUT2D eigenvalue weighted by Gasteiger charge is 2.36. The highest BCUT2D eigenvalue weighted by Crippen LogP contribution is 2.30. The van der Waals surface area contributed by atoms with Gasteiger partial charge in [0.1, 0.15) is 17.2 Å². The third kappa shape index (κ3) is 5.87. The molecule has 0 bridgehead atoms. The van der Waals surface area contributed by atoms with Crippen LogP contribution in [0.4, 0.5) is 0 Å². The molecule has 3 aromatic carbocycles. The van der Waals surface area contributed by atoms with Crippen LogP contribution >= 0.6 is 11.6 Å². The van der Waals surface area contributed by atoms with E-state index in [1.54, 1.807) is 31.4 Å². The van der Waals surface area contributed by atoms with Gasteiger partial charge in [-0.25, -0.2) is 10.5 Å². The topological polar surface area (TPSA) is 96.5 Å². The van der Waals surface area contributed by atoms with Crippen LogP contribution in [0.2, 0.25) is 0 Å². The number of hydrogen-bond donors (Lipinski definition) is 3. The minimum absolute atomic E-state index is 0.0202. The first-order valence-electron chi connectivity index (χ1n) is 11.8. The Balaban J connectivity index is 1.47. The number of methoxy groups -OCH3 is 1. The minimum Gasteiger partial charge on any atom is -0.497 e. The van der Waals surface area contributed by atoms with Gasteiger partial charge in [0.15, 0.2) is 0 Å². The van der Waals surface area contributed by atoms with E-state index >= 15 is 0 Å². The lowest BCUT2D eigenvalue weighted by molar-refractivity contribution is -0.105. The highest BCUT2D eigenvalue weighted by atomic mass is 35.5. The summed E-state index contributed by atoms with van der Waals surface area (Å²) in [7, 11) is 1.64. The van der Waals surface area contributed by atoms with Crippen molar-refractivity contribution in [2.75, 3.05) is 19.6 Å². The zero-order chi connectivity index (χ0) is 25.5. The van der Waals surface area contributed by atoms with Gasteiger partial charge in [-0.05, 0) is 55.5 Å². The molecule has 36 heavy (non-hydrogen) atoms. The number of carbonyl (C=O) groups is 1. The van der Waals surface area contributed by atoms with Gasteiger partial charge >= 0.3 is 0 Å². The van der Waals surface area contributed by atoms with E-state index < -0.39 is 5.60 Å². The minimum atomic E-state index is -0.884. The summed E-state index contributed by atoms with van der Waals surface area (Å²) in [6, 6.07) is 22.6. The summed E-state index contributed by atoms with van der Waals surface area (Å²) < 4.78 is 5.29. The lowest BCUT2D eigenvalue weighted by Gasteiger charge is -2.35. The molecule has 4 aromatic rings. The second-order valence-electron chi connectivity index (χ2n) is 8.92. The SMILES string of the molecule is COc1ccc2nc(-c3ccc(C[C@@H](CCO)C(C)(CCl)ONC(=O)c4ccccc4)cc3)[nH]c2c1. The summed E-state index contributed by atoms with van der Waals surface area (Å²) in [6.45, 7) is 1.83. The molecule has 0 aliphatic heterocycles. The van der Waals surface area contributed by atoms with Gasteiger partial charge in [0.2, 0.25) is 0 Å². The summed E-state index contributed by atoms with van der Waals surface area (Å²) >= 11 is 6.32. The molecule has 0 spiro atoms. The van der Waals surface area contributed by atoms with Gasteiger partial charge < -0.3 is 14.8 Å². The Morgan fingerprint density at radius 2 is 1.89 bits per heavy atom. The molecule has 2 atom stereocenters. The van der Waals surface area contributed by atoms with Crippen molar-refractivity contribution in [2.24, 2.45) is 5.92 Å². The van der Waals surface area contributed by atoms with Crippen LogP contribution in [-0.2, 0) is 11.3 Å². The van der Waals surface area contributed by atoms with Crippen LogP contribution < -0.4 is 10.2 Å². The van der Waals surface area contributed by atoms with Crippen molar-refractivity contribution < 1.29 is 19.5 Å². The average molecular weight is 508 g/mol. The van der Waals surface area contributed by atoms with Crippen LogP contribution in [0.1, 0.15) is 29.3 Å². The number of fused-ring (bicyclic) bond motifs is 1. The van der Waals surface area contributed by atoms with E-state index in [2.05, 4.69) is 15.4 Å². The standard InChI is InChI=1S/C28H30ClN3O4/c1-28(18-29,36-32-27(34)21-6-4-3-5-7-21)22(14-15-33)16-19-8-10-20(11-9-19)26-30-24-13-12-23(35-2)17-25(24)31-26/h3-13,17,22,33H,14-16,18H2,1-2H3,(H,30,31)(H,32,34)/t22-,28?/m1/s1. The normalized spacial score (nSPS) is 13.8. The van der Waals surface area contributed by atoms with Crippen LogP contribution in [0.3, 0.4) is 0 Å². The number of hydrogen-bond acceptors (Lipinski definition) is 5. The van der Waals surface area contributed by atoms with E-state index in [9.17, 15) is 9.90 Å². The number of carbonyl (C=O) groups excluding carboxylic acids is 1. The van der Waals surface area contributed by atoms with Crippen molar-refractivity contribution in [3.63, 3.8) is 0 Å². The number of hydroxylamine groups is 1. The number of benzene rings is 3. The Bertz CT molecular complexity index is 1290. The highest BCUT2D eigenvalue weighted by molar-refractivity contribution is 6.18. The Labute approximate surface area is 215 Å². The monoisotopic (exact) mass is 507 g/mol. The van der Waals surface area contributed by atoms with Crippen LogP contribution in [0, 0.1) is 5.92 Å². The number of nitrogens with one attached hydrogen (secondary N) is 2. The number of aromatic nitrogens is 2. The Morgan fingerprint density at radius 3 is 2.56 bits per heavy atom. The number of halogens is 1. The van der Waals surface area contributed by atoms with E-state index in [0.717, 1.165) is 33.7 Å². The van der Waals surface area contributed by atoms with Crippen LogP contribution in [-0.4, -0.2) is 46.2 Å². The van der Waals surface area contributed by atoms with Gasteiger partial charge in [0, 0.05) is 23.8 Å². The molecule has 0 aliphatic rings. The van der Waals surface area contributed by atoms with E-state index in [1.807, 2.05) is 55.5 Å². The van der Waals surface area contributed by atoms with Gasteiger partial charge in [-0.1, -0.05) is 42.5 Å². The van der Waals surface area contributed by atoms with Crippen LogP contribution in [0.5, 0.6) is 5.75 Å². The molecule has 1 amide bonds. The number of alkyl halides is 1. The number of aliphatic hydroxyl groups excluding tert-OH is 1. The summed E-state index contributed by atoms with van der Waals surface area (Å²) in [5.41, 5.74) is 5.94. The van der Waals surface area contributed by atoms with Crippen LogP contribution in [0.25, 0.3) is 22.4 Å². The number of H-pyrrole nitrogens is 1. The van der Waals surface area contributed by atoms with Gasteiger partial charge in [0.05, 0.1) is 24.0 Å². The second-order valence-corrected chi connectivity index (χ2v) is 9.19. The van der Waals surface area contributed by atoms with E-state index in [4.69, 9.17) is 21.2 Å². The molecule has 188 valence electrons. The number of ether oxygens (including phenoxy) is 1. The van der Waals surface area contributed by atoms with E-state index in [0.29, 0.717) is 18.4 Å². The molecule has 8 heteroatoms. The van der Waals surface area contributed by atoms with Crippen molar-refractivity contribution in [3.8, 4) is 17.1 Å². The predicted octanol–water partition coefficient (Wildman–Crippen LogP) is 5.14. The fourth-order valence-corrected chi connectivity index (χ4v) is 4.42. The van der Waals surface area contributed by atoms with Crippen molar-refractivity contribution in [1.29, 1.82) is 0 Å². The first kappa shape index (κ1) is 25.7. The zero-order valence-corrected chi connectivity index (χ0v) is 21.1. The molecule has 0 saturated carbocycles. The summed E-state index contributed by atoms with van der Waals surface area (Å²) in [5, 5.41) is 9.72.